The topological polar surface area (TPSA) is 55.1 Å². The Bertz CT molecular complexity index is 3550. The Kier molecular flexibility index (Phi) is 10.5. The summed E-state index contributed by atoms with van der Waals surface area (Å²) in [5, 5.41) is 2.01. The minimum absolute atomic E-state index is 0.530. The smallest absolute Gasteiger partial charge is 0.164 e. The molecule has 68 heavy (non-hydrogen) atoms. The predicted octanol–water partition coefficient (Wildman–Crippen LogP) is 16.9. The van der Waals surface area contributed by atoms with Gasteiger partial charge in [-0.1, -0.05) is 194 Å². The van der Waals surface area contributed by atoms with Gasteiger partial charge in [0.2, 0.25) is 0 Å². The van der Waals surface area contributed by atoms with Gasteiger partial charge >= 0.3 is 0 Å². The summed E-state index contributed by atoms with van der Waals surface area (Å²) in [7, 11) is 0. The van der Waals surface area contributed by atoms with E-state index in [0.717, 1.165) is 100 Å². The lowest BCUT2D eigenvalue weighted by molar-refractivity contribution is 0.669. The molecule has 0 aliphatic carbocycles. The lowest BCUT2D eigenvalue weighted by Gasteiger charge is -2.27. The maximum absolute atomic E-state index is 6.79. The molecule has 0 spiro atoms. The van der Waals surface area contributed by atoms with Crippen LogP contribution in [-0.2, 0) is 0 Å². The van der Waals surface area contributed by atoms with Crippen LogP contribution < -0.4 is 4.90 Å². The van der Waals surface area contributed by atoms with Crippen molar-refractivity contribution < 1.29 is 4.42 Å². The number of fused-ring (bicyclic) bond motifs is 3. The Labute approximate surface area is 395 Å². The molecule has 2 heterocycles. The zero-order valence-electron chi connectivity index (χ0n) is 36.9. The number of para-hydroxylation sites is 1. The van der Waals surface area contributed by atoms with Gasteiger partial charge in [0.15, 0.2) is 17.5 Å². The second-order valence-electron chi connectivity index (χ2n) is 16.8. The average molecular weight is 871 g/mol. The van der Waals surface area contributed by atoms with Crippen molar-refractivity contribution in [1.82, 2.24) is 15.0 Å². The quantitative estimate of drug-likeness (QED) is 0.137. The van der Waals surface area contributed by atoms with E-state index in [9.17, 15) is 0 Å². The fourth-order valence-corrected chi connectivity index (χ4v) is 9.13. The SMILES string of the molecule is c1ccc(-c2ccc(N(c3ccc(-c4ccccc4)cc3)c3cc(-c4nc(-c5ccccc5)nc(-c5cc(-c6ccccc6)cc(-c6ccccc6)c5)n4)cc4oc5ccccc5c34)cc2)cc1. The van der Waals surface area contributed by atoms with Crippen LogP contribution in [0.5, 0.6) is 0 Å². The lowest BCUT2D eigenvalue weighted by atomic mass is 9.96. The normalized spacial score (nSPS) is 11.2. The van der Waals surface area contributed by atoms with Crippen LogP contribution in [0.1, 0.15) is 0 Å². The molecule has 12 aromatic rings. The monoisotopic (exact) mass is 870 g/mol. The van der Waals surface area contributed by atoms with E-state index in [1.54, 1.807) is 0 Å². The number of anilines is 3. The van der Waals surface area contributed by atoms with E-state index in [4.69, 9.17) is 19.4 Å². The Morgan fingerprint density at radius 2 is 0.618 bits per heavy atom. The molecule has 0 saturated heterocycles. The average Bonchev–Trinajstić information content (AvgIpc) is 3.81. The van der Waals surface area contributed by atoms with Crippen LogP contribution in [-0.4, -0.2) is 15.0 Å². The molecule has 0 radical (unpaired) electrons. The molecule has 10 aromatic carbocycles. The van der Waals surface area contributed by atoms with Crippen molar-refractivity contribution in [2.24, 2.45) is 0 Å². The van der Waals surface area contributed by atoms with Gasteiger partial charge in [0.25, 0.3) is 0 Å². The number of hydrogen-bond donors (Lipinski definition) is 0. The molecule has 0 aliphatic rings. The molecule has 320 valence electrons. The third-order valence-corrected chi connectivity index (χ3v) is 12.5. The van der Waals surface area contributed by atoms with Crippen molar-refractivity contribution >= 4 is 39.0 Å². The Balaban J connectivity index is 1.09. The van der Waals surface area contributed by atoms with Crippen molar-refractivity contribution in [3.8, 4) is 78.7 Å². The van der Waals surface area contributed by atoms with Crippen molar-refractivity contribution in [1.29, 1.82) is 0 Å². The summed E-state index contributed by atoms with van der Waals surface area (Å²) < 4.78 is 6.79. The highest BCUT2D eigenvalue weighted by Gasteiger charge is 2.23. The van der Waals surface area contributed by atoms with Gasteiger partial charge in [-0.2, -0.15) is 0 Å². The van der Waals surface area contributed by atoms with Crippen molar-refractivity contribution in [3.63, 3.8) is 0 Å². The van der Waals surface area contributed by atoms with E-state index in [-0.39, 0.29) is 0 Å². The van der Waals surface area contributed by atoms with Crippen molar-refractivity contribution in [3.05, 3.63) is 255 Å². The number of nitrogens with zero attached hydrogens (tertiary/aromatic N) is 4. The Hall–Kier alpha value is -9.19. The summed E-state index contributed by atoms with van der Waals surface area (Å²) in [5.74, 6) is 1.68. The number of aromatic nitrogens is 3. The van der Waals surface area contributed by atoms with Crippen LogP contribution in [0.2, 0.25) is 0 Å². The van der Waals surface area contributed by atoms with E-state index in [2.05, 4.69) is 193 Å². The van der Waals surface area contributed by atoms with Gasteiger partial charge in [-0.3, -0.25) is 0 Å². The first-order valence-electron chi connectivity index (χ1n) is 22.8. The summed E-state index contributed by atoms with van der Waals surface area (Å²) in [6.45, 7) is 0. The van der Waals surface area contributed by atoms with Gasteiger partial charge in [0, 0.05) is 33.5 Å². The molecule has 0 amide bonds. The number of furan rings is 1. The van der Waals surface area contributed by atoms with E-state index in [1.165, 1.54) is 0 Å². The zero-order valence-corrected chi connectivity index (χ0v) is 36.9. The molecule has 0 aliphatic heterocycles. The minimum Gasteiger partial charge on any atom is -0.456 e. The standard InChI is InChI=1S/C63H42N4O/c1-6-18-43(19-7-1)47-30-34-54(35-31-47)67(55-36-32-48(33-37-55)44-20-8-2-9-21-44)57-41-53(42-59-60(57)56-28-16-17-29-58(56)68-59)63-65-61(49-26-14-5-15-27-49)64-62(66-63)52-39-50(45-22-10-3-11-23-45)38-51(40-52)46-24-12-4-13-25-46/h1-42H. The van der Waals surface area contributed by atoms with Gasteiger partial charge in [-0.25, -0.2) is 15.0 Å². The first kappa shape index (κ1) is 40.3. The van der Waals surface area contributed by atoms with E-state index in [0.29, 0.717) is 17.5 Å². The molecule has 0 fully saturated rings. The van der Waals surface area contributed by atoms with E-state index < -0.39 is 0 Å². The molecule has 2 aromatic heterocycles. The molecule has 0 atom stereocenters. The largest absolute Gasteiger partial charge is 0.456 e. The molecule has 0 unspecified atom stereocenters. The highest BCUT2D eigenvalue weighted by molar-refractivity contribution is 6.14. The molecule has 5 heteroatoms. The summed E-state index contributed by atoms with van der Waals surface area (Å²) in [6.07, 6.45) is 0. The van der Waals surface area contributed by atoms with Crippen LogP contribution in [0, 0.1) is 0 Å². The maximum atomic E-state index is 6.79. The summed E-state index contributed by atoms with van der Waals surface area (Å²) >= 11 is 0. The summed E-state index contributed by atoms with van der Waals surface area (Å²) in [4.78, 5) is 18.2. The van der Waals surface area contributed by atoms with Crippen molar-refractivity contribution in [2.45, 2.75) is 0 Å². The molecule has 0 bridgehead atoms. The number of hydrogen-bond acceptors (Lipinski definition) is 5. The molecule has 12 rings (SSSR count). The zero-order chi connectivity index (χ0) is 45.2. The highest BCUT2D eigenvalue weighted by Crippen LogP contribution is 2.46. The second kappa shape index (κ2) is 17.7. The van der Waals surface area contributed by atoms with Crippen LogP contribution in [0.25, 0.3) is 101 Å². The molecular formula is C63H42N4O. The first-order chi connectivity index (χ1) is 33.7. The molecule has 5 nitrogen and oxygen atoms in total. The van der Waals surface area contributed by atoms with Gasteiger partial charge in [-0.15, -0.1) is 0 Å². The van der Waals surface area contributed by atoms with Gasteiger partial charge < -0.3 is 9.32 Å². The minimum atomic E-state index is 0.530. The van der Waals surface area contributed by atoms with E-state index in [1.807, 2.05) is 66.7 Å². The van der Waals surface area contributed by atoms with Gasteiger partial charge in [0.1, 0.15) is 11.2 Å². The molecule has 0 N–H and O–H groups in total. The van der Waals surface area contributed by atoms with Crippen molar-refractivity contribution in [2.75, 3.05) is 4.90 Å². The van der Waals surface area contributed by atoms with E-state index >= 15 is 0 Å². The van der Waals surface area contributed by atoms with Gasteiger partial charge in [0.05, 0.1) is 11.1 Å². The third-order valence-electron chi connectivity index (χ3n) is 12.5. The predicted molar refractivity (Wildman–Crippen MR) is 280 cm³/mol. The fourth-order valence-electron chi connectivity index (χ4n) is 9.13. The van der Waals surface area contributed by atoms with Crippen LogP contribution >= 0.6 is 0 Å². The molecule has 0 saturated carbocycles. The van der Waals surface area contributed by atoms with Gasteiger partial charge in [-0.05, 0) is 105 Å². The lowest BCUT2D eigenvalue weighted by Crippen LogP contribution is -2.11. The fraction of sp³-hybridized carbons (Fsp3) is 0. The number of benzene rings is 10. The van der Waals surface area contributed by atoms with Crippen LogP contribution in [0.3, 0.4) is 0 Å². The maximum Gasteiger partial charge on any atom is 0.164 e. The third kappa shape index (κ3) is 7.88. The summed E-state index contributed by atoms with van der Waals surface area (Å²) in [6, 6.07) is 88.8. The number of rotatable bonds is 10. The second-order valence-corrected chi connectivity index (χ2v) is 16.8. The first-order valence-corrected chi connectivity index (χ1v) is 22.8. The highest BCUT2D eigenvalue weighted by atomic mass is 16.3. The van der Waals surface area contributed by atoms with Crippen LogP contribution in [0.4, 0.5) is 17.1 Å². The Morgan fingerprint density at radius 1 is 0.265 bits per heavy atom. The van der Waals surface area contributed by atoms with Crippen LogP contribution in [0.15, 0.2) is 259 Å². The molecular weight excluding hydrogens is 829 g/mol. The Morgan fingerprint density at radius 3 is 1.09 bits per heavy atom. The summed E-state index contributed by atoms with van der Waals surface area (Å²) in [5.41, 5.74) is 16.0.